The van der Waals surface area contributed by atoms with Crippen LogP contribution < -0.4 is 0 Å². The van der Waals surface area contributed by atoms with Crippen LogP contribution in [0.4, 0.5) is 4.39 Å². The van der Waals surface area contributed by atoms with Gasteiger partial charge in [0.15, 0.2) is 29.1 Å². The van der Waals surface area contributed by atoms with E-state index in [1.807, 2.05) is 13.8 Å². The standard InChI is InChI=1S/C24H31FO6/c1-4-20-30-19-10-16-15-6-5-13-9-14(27)7-8-21(13,2)23(15,25)17(28)11-22(16,3)24(19,31-20)18(29)12-26/h7-9,15-17,19-20,26,28H,4-6,10-12H2,1-3H3/t15-,16-,17-,19+,20?,21-,22-,23-,24+/m0/s1. The third-order valence-electron chi connectivity index (χ3n) is 9.33. The first-order valence-electron chi connectivity index (χ1n) is 11.4. The van der Waals surface area contributed by atoms with Crippen molar-refractivity contribution in [3.8, 4) is 0 Å². The summed E-state index contributed by atoms with van der Waals surface area (Å²) in [7, 11) is 0. The fourth-order valence-corrected chi connectivity index (χ4v) is 7.83. The molecule has 170 valence electrons. The quantitative estimate of drug-likeness (QED) is 0.709. The van der Waals surface area contributed by atoms with E-state index in [-0.39, 0.29) is 18.1 Å². The molecule has 2 N–H and O–H groups in total. The molecule has 0 aromatic heterocycles. The van der Waals surface area contributed by atoms with Crippen molar-refractivity contribution in [3.63, 3.8) is 0 Å². The molecule has 0 bridgehead atoms. The number of halogens is 1. The van der Waals surface area contributed by atoms with Crippen LogP contribution in [0.3, 0.4) is 0 Å². The molecule has 4 aliphatic carbocycles. The van der Waals surface area contributed by atoms with Crippen LogP contribution in [-0.4, -0.2) is 58.2 Å². The van der Waals surface area contributed by atoms with E-state index in [1.54, 1.807) is 13.0 Å². The second-order valence-electron chi connectivity index (χ2n) is 10.4. The Bertz CT molecular complexity index is 899. The summed E-state index contributed by atoms with van der Waals surface area (Å²) in [5.74, 6) is -1.39. The minimum absolute atomic E-state index is 0.0252. The summed E-state index contributed by atoms with van der Waals surface area (Å²) in [4.78, 5) is 25.1. The first kappa shape index (κ1) is 21.4. The summed E-state index contributed by atoms with van der Waals surface area (Å²) in [6.07, 6.45) is 4.11. The summed E-state index contributed by atoms with van der Waals surface area (Å²) in [5, 5.41) is 21.2. The van der Waals surface area contributed by atoms with Crippen molar-refractivity contribution in [1.29, 1.82) is 0 Å². The molecule has 0 aromatic rings. The van der Waals surface area contributed by atoms with Crippen molar-refractivity contribution >= 4 is 11.6 Å². The maximum atomic E-state index is 17.1. The highest BCUT2D eigenvalue weighted by Gasteiger charge is 2.79. The molecule has 0 aromatic carbocycles. The van der Waals surface area contributed by atoms with Crippen LogP contribution in [0.25, 0.3) is 0 Å². The number of allylic oxidation sites excluding steroid dienone is 4. The van der Waals surface area contributed by atoms with E-state index in [1.165, 1.54) is 12.2 Å². The van der Waals surface area contributed by atoms with Crippen LogP contribution in [-0.2, 0) is 19.1 Å². The molecule has 5 aliphatic rings. The minimum Gasteiger partial charge on any atom is -0.390 e. The van der Waals surface area contributed by atoms with E-state index in [9.17, 15) is 19.8 Å². The zero-order valence-electron chi connectivity index (χ0n) is 18.3. The molecule has 9 atom stereocenters. The van der Waals surface area contributed by atoms with Gasteiger partial charge in [0.1, 0.15) is 6.61 Å². The summed E-state index contributed by atoms with van der Waals surface area (Å²) >= 11 is 0. The molecule has 5 rings (SSSR count). The third-order valence-corrected chi connectivity index (χ3v) is 9.33. The maximum absolute atomic E-state index is 17.1. The molecule has 1 heterocycles. The Morgan fingerprint density at radius 1 is 1.32 bits per heavy atom. The van der Waals surface area contributed by atoms with E-state index >= 15 is 4.39 Å². The van der Waals surface area contributed by atoms with Crippen molar-refractivity contribution < 1.29 is 33.7 Å². The Kier molecular flexibility index (Phi) is 4.54. The molecular formula is C24H31FO6. The van der Waals surface area contributed by atoms with Gasteiger partial charge in [-0.15, -0.1) is 0 Å². The van der Waals surface area contributed by atoms with Gasteiger partial charge in [-0.1, -0.05) is 25.5 Å². The molecule has 7 heteroatoms. The smallest absolute Gasteiger partial charge is 0.193 e. The van der Waals surface area contributed by atoms with Gasteiger partial charge in [-0.3, -0.25) is 9.59 Å². The number of Topliss-reactive ketones (excluding diaryl/α,β-unsaturated/α-hetero) is 1. The summed E-state index contributed by atoms with van der Waals surface area (Å²) < 4.78 is 29.4. The number of fused-ring (bicyclic) bond motifs is 7. The number of hydrogen-bond donors (Lipinski definition) is 2. The lowest BCUT2D eigenvalue weighted by Crippen LogP contribution is -2.69. The molecule has 1 aliphatic heterocycles. The van der Waals surface area contributed by atoms with Gasteiger partial charge in [-0.2, -0.15) is 0 Å². The van der Waals surface area contributed by atoms with Crippen LogP contribution in [0.15, 0.2) is 23.8 Å². The number of alkyl halides is 1. The lowest BCUT2D eigenvalue weighted by molar-refractivity contribution is -0.230. The lowest BCUT2D eigenvalue weighted by atomic mass is 9.44. The highest BCUT2D eigenvalue weighted by atomic mass is 19.1. The number of ketones is 2. The molecule has 0 spiro atoms. The fourth-order valence-electron chi connectivity index (χ4n) is 7.83. The van der Waals surface area contributed by atoms with Crippen molar-refractivity contribution in [2.75, 3.05) is 6.61 Å². The number of aliphatic hydroxyl groups is 2. The number of rotatable bonds is 3. The molecule has 4 fully saturated rings. The molecule has 1 saturated heterocycles. The molecule has 1 unspecified atom stereocenters. The van der Waals surface area contributed by atoms with E-state index in [4.69, 9.17) is 9.47 Å². The van der Waals surface area contributed by atoms with E-state index in [0.717, 1.165) is 5.57 Å². The normalized spacial score (nSPS) is 52.8. The second-order valence-corrected chi connectivity index (χ2v) is 10.4. The van der Waals surface area contributed by atoms with Crippen LogP contribution >= 0.6 is 0 Å². The Labute approximate surface area is 181 Å². The first-order chi connectivity index (χ1) is 14.6. The SMILES string of the molecule is CCC1O[C@@H]2C[C@H]3[C@@H]4CCC5=CC(=O)C=C[C@]5(C)[C@@]4(F)[C@@H](O)C[C@]3(C)[C@]2(C(=O)CO)O1. The van der Waals surface area contributed by atoms with Crippen LogP contribution in [0, 0.1) is 22.7 Å². The molecular weight excluding hydrogens is 403 g/mol. The van der Waals surface area contributed by atoms with Gasteiger partial charge in [-0.25, -0.2) is 4.39 Å². The van der Waals surface area contributed by atoms with Crippen LogP contribution in [0.1, 0.15) is 52.9 Å². The number of carbonyl (C=O) groups is 2. The largest absolute Gasteiger partial charge is 0.390 e. The highest BCUT2D eigenvalue weighted by Crippen LogP contribution is 2.71. The monoisotopic (exact) mass is 434 g/mol. The molecule has 3 saturated carbocycles. The fraction of sp³-hybridized carbons (Fsp3) is 0.750. The Morgan fingerprint density at radius 3 is 2.74 bits per heavy atom. The van der Waals surface area contributed by atoms with E-state index in [2.05, 4.69) is 0 Å². The summed E-state index contributed by atoms with van der Waals surface area (Å²) in [6, 6.07) is 0. The Balaban J connectivity index is 1.62. The first-order valence-corrected chi connectivity index (χ1v) is 11.4. The predicted molar refractivity (Wildman–Crippen MR) is 109 cm³/mol. The predicted octanol–water partition coefficient (Wildman–Crippen LogP) is 2.42. The number of carbonyl (C=O) groups excluding carboxylic acids is 2. The zero-order chi connectivity index (χ0) is 22.4. The Hall–Kier alpha value is -1.41. The lowest BCUT2D eigenvalue weighted by Gasteiger charge is -2.62. The van der Waals surface area contributed by atoms with Crippen molar-refractivity contribution in [2.24, 2.45) is 22.7 Å². The third kappa shape index (κ3) is 2.31. The average molecular weight is 435 g/mol. The molecule has 0 radical (unpaired) electrons. The molecule has 6 nitrogen and oxygen atoms in total. The highest BCUT2D eigenvalue weighted by molar-refractivity contribution is 6.01. The number of hydrogen-bond acceptors (Lipinski definition) is 6. The zero-order valence-corrected chi connectivity index (χ0v) is 18.3. The second kappa shape index (κ2) is 6.56. The van der Waals surface area contributed by atoms with Crippen LogP contribution in [0.5, 0.6) is 0 Å². The molecule has 31 heavy (non-hydrogen) atoms. The maximum Gasteiger partial charge on any atom is 0.193 e. The van der Waals surface area contributed by atoms with Gasteiger partial charge in [0.2, 0.25) is 0 Å². The average Bonchev–Trinajstić information content (AvgIpc) is 3.22. The van der Waals surface area contributed by atoms with E-state index in [0.29, 0.717) is 25.7 Å². The van der Waals surface area contributed by atoms with Crippen molar-refractivity contribution in [2.45, 2.75) is 82.6 Å². The Morgan fingerprint density at radius 2 is 2.06 bits per heavy atom. The van der Waals surface area contributed by atoms with Crippen molar-refractivity contribution in [1.82, 2.24) is 0 Å². The number of ether oxygens (including phenoxy) is 2. The van der Waals surface area contributed by atoms with Gasteiger partial charge in [0.25, 0.3) is 0 Å². The van der Waals surface area contributed by atoms with Gasteiger partial charge in [-0.05, 0) is 57.1 Å². The summed E-state index contributed by atoms with van der Waals surface area (Å²) in [5.41, 5.74) is -4.58. The van der Waals surface area contributed by atoms with Crippen molar-refractivity contribution in [3.05, 3.63) is 23.8 Å². The molecule has 0 amide bonds. The van der Waals surface area contributed by atoms with Gasteiger partial charge >= 0.3 is 0 Å². The minimum atomic E-state index is -1.97. The van der Waals surface area contributed by atoms with Gasteiger partial charge in [0.05, 0.1) is 12.2 Å². The van der Waals surface area contributed by atoms with Gasteiger partial charge in [0, 0.05) is 16.7 Å². The van der Waals surface area contributed by atoms with E-state index < -0.39 is 58.9 Å². The summed E-state index contributed by atoms with van der Waals surface area (Å²) in [6.45, 7) is 4.88. The topological polar surface area (TPSA) is 93.1 Å². The number of aliphatic hydroxyl groups excluding tert-OH is 2. The van der Waals surface area contributed by atoms with Crippen LogP contribution in [0.2, 0.25) is 0 Å². The van der Waals surface area contributed by atoms with Gasteiger partial charge < -0.3 is 19.7 Å².